The van der Waals surface area contributed by atoms with Gasteiger partial charge in [0.05, 0.1) is 5.56 Å². The Bertz CT molecular complexity index is 1100. The summed E-state index contributed by atoms with van der Waals surface area (Å²) in [6.07, 6.45) is 6.73. The smallest absolute Gasteiger partial charge is 0.328 e. The average Bonchev–Trinajstić information content (AvgIpc) is 3.33. The molecule has 36 heavy (non-hydrogen) atoms. The SMILES string of the molecule is CC1Cc2cccc(C(=O)NC3CC4CCC(C3)N4Cc3ccccc3)c2O1.O=C(O)/C=C\C(=O)O. The van der Waals surface area contributed by atoms with E-state index in [-0.39, 0.29) is 18.1 Å². The lowest BCUT2D eigenvalue weighted by molar-refractivity contribution is -0.134. The van der Waals surface area contributed by atoms with E-state index in [2.05, 4.69) is 53.5 Å². The summed E-state index contributed by atoms with van der Waals surface area (Å²) in [6, 6.07) is 18.1. The molecule has 3 aliphatic rings. The van der Waals surface area contributed by atoms with Crippen LogP contribution in [0.15, 0.2) is 60.7 Å². The summed E-state index contributed by atoms with van der Waals surface area (Å²) in [5.41, 5.74) is 3.23. The molecule has 2 saturated heterocycles. The average molecular weight is 493 g/mol. The van der Waals surface area contributed by atoms with Gasteiger partial charge in [-0.05, 0) is 49.8 Å². The van der Waals surface area contributed by atoms with E-state index < -0.39 is 11.9 Å². The number of carbonyl (C=O) groups is 3. The number of para-hydroxylation sites is 1. The Morgan fingerprint density at radius 3 is 2.22 bits per heavy atom. The minimum absolute atomic E-state index is 0.0202. The number of hydrogen-bond donors (Lipinski definition) is 3. The summed E-state index contributed by atoms with van der Waals surface area (Å²) in [4.78, 5) is 34.7. The minimum Gasteiger partial charge on any atom is -0.489 e. The zero-order valence-corrected chi connectivity index (χ0v) is 20.3. The molecule has 3 atom stereocenters. The van der Waals surface area contributed by atoms with E-state index in [9.17, 15) is 14.4 Å². The van der Waals surface area contributed by atoms with E-state index in [4.69, 9.17) is 14.9 Å². The number of carboxylic acid groups (broad SMARTS) is 2. The van der Waals surface area contributed by atoms with Crippen LogP contribution < -0.4 is 10.1 Å². The van der Waals surface area contributed by atoms with Gasteiger partial charge in [-0.3, -0.25) is 9.69 Å². The molecule has 0 saturated carbocycles. The Balaban J connectivity index is 0.000000331. The van der Waals surface area contributed by atoms with Crippen molar-refractivity contribution < 1.29 is 29.3 Å². The number of benzene rings is 2. The number of aliphatic carboxylic acids is 2. The quantitative estimate of drug-likeness (QED) is 0.527. The zero-order chi connectivity index (χ0) is 25.7. The Labute approximate surface area is 210 Å². The number of hydrogen-bond acceptors (Lipinski definition) is 5. The molecule has 3 unspecified atom stereocenters. The first kappa shape index (κ1) is 25.4. The molecule has 1 amide bonds. The van der Waals surface area contributed by atoms with Crippen LogP contribution in [-0.4, -0.2) is 57.2 Å². The molecular weight excluding hydrogens is 460 g/mol. The van der Waals surface area contributed by atoms with Crippen molar-refractivity contribution in [3.05, 3.63) is 77.4 Å². The maximum Gasteiger partial charge on any atom is 0.328 e. The largest absolute Gasteiger partial charge is 0.489 e. The third kappa shape index (κ3) is 6.31. The van der Waals surface area contributed by atoms with Gasteiger partial charge in [0.25, 0.3) is 5.91 Å². The summed E-state index contributed by atoms with van der Waals surface area (Å²) in [5, 5.41) is 18.9. The highest BCUT2D eigenvalue weighted by molar-refractivity contribution is 5.97. The molecule has 190 valence electrons. The van der Waals surface area contributed by atoms with Crippen LogP contribution in [0.1, 0.15) is 54.1 Å². The monoisotopic (exact) mass is 492 g/mol. The number of rotatable bonds is 6. The molecule has 2 fully saturated rings. The number of nitrogens with one attached hydrogen (secondary N) is 1. The molecule has 5 rings (SSSR count). The molecule has 0 spiro atoms. The fraction of sp³-hybridized carbons (Fsp3) is 0.393. The molecule has 2 aromatic carbocycles. The van der Waals surface area contributed by atoms with E-state index in [1.165, 1.54) is 18.4 Å². The Morgan fingerprint density at radius 1 is 0.972 bits per heavy atom. The van der Waals surface area contributed by atoms with Gasteiger partial charge >= 0.3 is 11.9 Å². The second kappa shape index (κ2) is 11.4. The van der Waals surface area contributed by atoms with Gasteiger partial charge in [-0.2, -0.15) is 0 Å². The van der Waals surface area contributed by atoms with E-state index in [1.807, 2.05) is 12.1 Å². The Morgan fingerprint density at radius 2 is 1.61 bits per heavy atom. The van der Waals surface area contributed by atoms with Crippen LogP contribution in [0, 0.1) is 0 Å². The zero-order valence-electron chi connectivity index (χ0n) is 20.3. The van der Waals surface area contributed by atoms with Crippen LogP contribution >= 0.6 is 0 Å². The summed E-state index contributed by atoms with van der Waals surface area (Å²) in [7, 11) is 0. The molecule has 0 aromatic heterocycles. The number of piperidine rings is 1. The Hall–Kier alpha value is -3.65. The number of amides is 1. The van der Waals surface area contributed by atoms with Gasteiger partial charge < -0.3 is 20.3 Å². The van der Waals surface area contributed by atoms with Crippen molar-refractivity contribution in [3.63, 3.8) is 0 Å². The standard InChI is InChI=1S/C24H28N2O2.C4H4O4/c1-16-12-18-8-5-9-22(23(18)28-16)24(27)25-19-13-20-10-11-21(14-19)26(20)15-17-6-3-2-4-7-17;5-3(6)1-2-4(7)8/h2-9,16,19-21H,10-15H2,1H3,(H,25,27);1-2H,(H,5,6)(H,7,8)/b;2-1-. The molecular formula is C28H32N2O6. The molecule has 2 aromatic rings. The summed E-state index contributed by atoms with van der Waals surface area (Å²) in [6.45, 7) is 3.08. The highest BCUT2D eigenvalue weighted by atomic mass is 16.5. The molecule has 0 radical (unpaired) electrons. The molecule has 3 heterocycles. The molecule has 2 bridgehead atoms. The first-order valence-corrected chi connectivity index (χ1v) is 12.3. The van der Waals surface area contributed by atoms with E-state index in [0.29, 0.717) is 29.8 Å². The third-order valence-electron chi connectivity index (χ3n) is 6.96. The van der Waals surface area contributed by atoms with Crippen molar-refractivity contribution in [1.82, 2.24) is 10.2 Å². The van der Waals surface area contributed by atoms with Crippen molar-refractivity contribution in [3.8, 4) is 5.75 Å². The predicted octanol–water partition coefficient (Wildman–Crippen LogP) is 3.65. The summed E-state index contributed by atoms with van der Waals surface area (Å²) >= 11 is 0. The van der Waals surface area contributed by atoms with Crippen LogP contribution in [0.2, 0.25) is 0 Å². The van der Waals surface area contributed by atoms with Gasteiger partial charge in [0, 0.05) is 43.2 Å². The lowest BCUT2D eigenvalue weighted by Gasteiger charge is -2.39. The van der Waals surface area contributed by atoms with Crippen LogP contribution in [0.4, 0.5) is 0 Å². The van der Waals surface area contributed by atoms with Crippen molar-refractivity contribution >= 4 is 17.8 Å². The predicted molar refractivity (Wildman–Crippen MR) is 134 cm³/mol. The van der Waals surface area contributed by atoms with Gasteiger partial charge in [-0.1, -0.05) is 42.5 Å². The maximum atomic E-state index is 13.0. The highest BCUT2D eigenvalue weighted by Crippen LogP contribution is 2.37. The fourth-order valence-corrected chi connectivity index (χ4v) is 5.47. The molecule has 8 nitrogen and oxygen atoms in total. The lowest BCUT2D eigenvalue weighted by Crippen LogP contribution is -2.50. The topological polar surface area (TPSA) is 116 Å². The van der Waals surface area contributed by atoms with Crippen molar-refractivity contribution in [2.75, 3.05) is 0 Å². The molecule has 8 heteroatoms. The lowest BCUT2D eigenvalue weighted by atomic mass is 9.96. The minimum atomic E-state index is -1.26. The number of fused-ring (bicyclic) bond motifs is 3. The van der Waals surface area contributed by atoms with Crippen molar-refractivity contribution in [2.24, 2.45) is 0 Å². The summed E-state index contributed by atoms with van der Waals surface area (Å²) < 4.78 is 5.92. The van der Waals surface area contributed by atoms with Gasteiger partial charge in [0.2, 0.25) is 0 Å². The Kier molecular flexibility index (Phi) is 8.05. The molecule has 3 N–H and O–H groups in total. The second-order valence-electron chi connectivity index (χ2n) is 9.62. The first-order valence-electron chi connectivity index (χ1n) is 12.3. The van der Waals surface area contributed by atoms with Gasteiger partial charge in [0.15, 0.2) is 0 Å². The first-order chi connectivity index (χ1) is 17.3. The fourth-order valence-electron chi connectivity index (χ4n) is 5.47. The molecule has 3 aliphatic heterocycles. The number of ether oxygens (including phenoxy) is 1. The van der Waals surface area contributed by atoms with Gasteiger partial charge in [-0.25, -0.2) is 9.59 Å². The van der Waals surface area contributed by atoms with Gasteiger partial charge in [-0.15, -0.1) is 0 Å². The number of carboxylic acids is 2. The highest BCUT2D eigenvalue weighted by Gasteiger charge is 2.41. The van der Waals surface area contributed by atoms with Crippen LogP contribution in [0.25, 0.3) is 0 Å². The maximum absolute atomic E-state index is 13.0. The van der Waals surface area contributed by atoms with E-state index >= 15 is 0 Å². The number of nitrogens with zero attached hydrogens (tertiary/aromatic N) is 1. The van der Waals surface area contributed by atoms with E-state index in [0.717, 1.165) is 37.1 Å². The van der Waals surface area contributed by atoms with E-state index in [1.54, 1.807) is 0 Å². The third-order valence-corrected chi connectivity index (χ3v) is 6.96. The normalized spacial score (nSPS) is 24.4. The van der Waals surface area contributed by atoms with Gasteiger partial charge in [0.1, 0.15) is 11.9 Å². The number of carbonyl (C=O) groups excluding carboxylic acids is 1. The van der Waals surface area contributed by atoms with Crippen LogP contribution in [-0.2, 0) is 22.6 Å². The van der Waals surface area contributed by atoms with Crippen LogP contribution in [0.5, 0.6) is 5.75 Å². The second-order valence-corrected chi connectivity index (χ2v) is 9.62. The van der Waals surface area contributed by atoms with Crippen molar-refractivity contribution in [1.29, 1.82) is 0 Å². The van der Waals surface area contributed by atoms with Crippen LogP contribution in [0.3, 0.4) is 0 Å². The summed E-state index contributed by atoms with van der Waals surface area (Å²) in [5.74, 6) is -1.70. The van der Waals surface area contributed by atoms with Crippen molar-refractivity contribution in [2.45, 2.75) is 69.8 Å². The molecule has 0 aliphatic carbocycles.